The highest BCUT2D eigenvalue weighted by molar-refractivity contribution is 5.28. The molecule has 1 rings (SSSR count). The standard InChI is InChI=1S/C14H23NO/c1-3-6-13(15)9-4-7-12-8-5-10-14(11-12)16-2/h5,8,10-11,13H,3-4,6-7,9,15H2,1-2H3. The molecular weight excluding hydrogens is 198 g/mol. The zero-order valence-electron chi connectivity index (χ0n) is 10.4. The third kappa shape index (κ3) is 4.67. The van der Waals surface area contributed by atoms with Gasteiger partial charge in [-0.2, -0.15) is 0 Å². The first kappa shape index (κ1) is 13.0. The first-order chi connectivity index (χ1) is 7.76. The number of nitrogens with two attached hydrogens (primary N) is 1. The molecule has 0 fully saturated rings. The van der Waals surface area contributed by atoms with E-state index in [1.165, 1.54) is 12.0 Å². The summed E-state index contributed by atoms with van der Waals surface area (Å²) in [6.07, 6.45) is 5.69. The maximum absolute atomic E-state index is 5.98. The predicted octanol–water partition coefficient (Wildman–Crippen LogP) is 3.15. The van der Waals surface area contributed by atoms with Crippen LogP contribution in [0.3, 0.4) is 0 Å². The van der Waals surface area contributed by atoms with E-state index in [-0.39, 0.29) is 0 Å². The minimum Gasteiger partial charge on any atom is -0.497 e. The summed E-state index contributed by atoms with van der Waals surface area (Å²) in [5, 5.41) is 0. The van der Waals surface area contributed by atoms with Crippen LogP contribution in [-0.4, -0.2) is 13.2 Å². The van der Waals surface area contributed by atoms with E-state index >= 15 is 0 Å². The molecule has 1 unspecified atom stereocenters. The lowest BCUT2D eigenvalue weighted by Gasteiger charge is -2.10. The molecule has 0 heterocycles. The van der Waals surface area contributed by atoms with Crippen LogP contribution in [0.4, 0.5) is 0 Å². The van der Waals surface area contributed by atoms with Gasteiger partial charge in [0.25, 0.3) is 0 Å². The maximum Gasteiger partial charge on any atom is 0.119 e. The first-order valence-electron chi connectivity index (χ1n) is 6.14. The van der Waals surface area contributed by atoms with Crippen LogP contribution in [0.25, 0.3) is 0 Å². The Kier molecular flexibility index (Phi) is 5.94. The molecule has 0 radical (unpaired) electrons. The first-order valence-corrected chi connectivity index (χ1v) is 6.14. The Hall–Kier alpha value is -1.02. The average Bonchev–Trinajstić information content (AvgIpc) is 2.30. The van der Waals surface area contributed by atoms with Crippen LogP contribution in [0.2, 0.25) is 0 Å². The van der Waals surface area contributed by atoms with Crippen molar-refractivity contribution in [3.8, 4) is 5.75 Å². The van der Waals surface area contributed by atoms with Crippen molar-refractivity contribution in [1.82, 2.24) is 0 Å². The van der Waals surface area contributed by atoms with E-state index in [1.807, 2.05) is 12.1 Å². The second-order valence-electron chi connectivity index (χ2n) is 4.29. The third-order valence-corrected chi connectivity index (χ3v) is 2.83. The van der Waals surface area contributed by atoms with Gasteiger partial charge in [0, 0.05) is 6.04 Å². The summed E-state index contributed by atoms with van der Waals surface area (Å²) in [6.45, 7) is 2.18. The molecule has 0 aliphatic rings. The molecule has 16 heavy (non-hydrogen) atoms. The summed E-state index contributed by atoms with van der Waals surface area (Å²) in [5.41, 5.74) is 7.32. The lowest BCUT2D eigenvalue weighted by molar-refractivity contribution is 0.414. The molecule has 2 nitrogen and oxygen atoms in total. The SMILES string of the molecule is CCCC(N)CCCc1cccc(OC)c1. The van der Waals surface area contributed by atoms with E-state index in [9.17, 15) is 0 Å². The van der Waals surface area contributed by atoms with Gasteiger partial charge >= 0.3 is 0 Å². The molecule has 0 bridgehead atoms. The Bertz CT molecular complexity index is 299. The smallest absolute Gasteiger partial charge is 0.119 e. The summed E-state index contributed by atoms with van der Waals surface area (Å²) in [7, 11) is 1.70. The molecule has 1 aromatic rings. The Morgan fingerprint density at radius 1 is 1.31 bits per heavy atom. The number of methoxy groups -OCH3 is 1. The van der Waals surface area contributed by atoms with Gasteiger partial charge < -0.3 is 10.5 Å². The fourth-order valence-corrected chi connectivity index (χ4v) is 1.91. The molecule has 0 aromatic heterocycles. The molecule has 0 aliphatic carbocycles. The van der Waals surface area contributed by atoms with Gasteiger partial charge in [-0.3, -0.25) is 0 Å². The van der Waals surface area contributed by atoms with E-state index in [0.29, 0.717) is 6.04 Å². The molecule has 0 saturated carbocycles. The van der Waals surface area contributed by atoms with Crippen LogP contribution >= 0.6 is 0 Å². The molecule has 2 N–H and O–H groups in total. The summed E-state index contributed by atoms with van der Waals surface area (Å²) >= 11 is 0. The highest BCUT2D eigenvalue weighted by atomic mass is 16.5. The van der Waals surface area contributed by atoms with Gasteiger partial charge in [0.2, 0.25) is 0 Å². The topological polar surface area (TPSA) is 35.2 Å². The number of hydrogen-bond donors (Lipinski definition) is 1. The highest BCUT2D eigenvalue weighted by Gasteiger charge is 2.01. The third-order valence-electron chi connectivity index (χ3n) is 2.83. The molecule has 1 aromatic carbocycles. The Morgan fingerprint density at radius 3 is 2.81 bits per heavy atom. The lowest BCUT2D eigenvalue weighted by Crippen LogP contribution is -2.19. The Balaban J connectivity index is 2.31. The monoisotopic (exact) mass is 221 g/mol. The average molecular weight is 221 g/mol. The van der Waals surface area contributed by atoms with Gasteiger partial charge in [-0.1, -0.05) is 25.5 Å². The predicted molar refractivity (Wildman–Crippen MR) is 68.8 cm³/mol. The van der Waals surface area contributed by atoms with Crippen LogP contribution < -0.4 is 10.5 Å². The van der Waals surface area contributed by atoms with Crippen LogP contribution in [-0.2, 0) is 6.42 Å². The number of benzene rings is 1. The van der Waals surface area contributed by atoms with Crippen LogP contribution in [0.15, 0.2) is 24.3 Å². The zero-order chi connectivity index (χ0) is 11.8. The van der Waals surface area contributed by atoms with Gasteiger partial charge in [-0.05, 0) is 43.4 Å². The Morgan fingerprint density at radius 2 is 2.12 bits per heavy atom. The number of rotatable bonds is 7. The van der Waals surface area contributed by atoms with Gasteiger partial charge in [0.15, 0.2) is 0 Å². The fourth-order valence-electron chi connectivity index (χ4n) is 1.91. The van der Waals surface area contributed by atoms with E-state index < -0.39 is 0 Å². The largest absolute Gasteiger partial charge is 0.497 e. The van der Waals surface area contributed by atoms with E-state index in [0.717, 1.165) is 31.4 Å². The van der Waals surface area contributed by atoms with Crippen molar-refractivity contribution >= 4 is 0 Å². The minimum absolute atomic E-state index is 0.371. The van der Waals surface area contributed by atoms with Crippen molar-refractivity contribution in [3.05, 3.63) is 29.8 Å². The zero-order valence-corrected chi connectivity index (χ0v) is 10.4. The molecule has 0 amide bonds. The highest BCUT2D eigenvalue weighted by Crippen LogP contribution is 2.15. The Labute approximate surface area is 98.8 Å². The maximum atomic E-state index is 5.98. The number of aryl methyl sites for hydroxylation is 1. The molecule has 2 heteroatoms. The van der Waals surface area contributed by atoms with Crippen molar-refractivity contribution in [2.75, 3.05) is 7.11 Å². The minimum atomic E-state index is 0.371. The van der Waals surface area contributed by atoms with Gasteiger partial charge in [0.1, 0.15) is 5.75 Å². The van der Waals surface area contributed by atoms with Crippen molar-refractivity contribution in [2.45, 2.75) is 45.1 Å². The van der Waals surface area contributed by atoms with Gasteiger partial charge in [0.05, 0.1) is 7.11 Å². The normalized spacial score (nSPS) is 12.4. The van der Waals surface area contributed by atoms with E-state index in [1.54, 1.807) is 7.11 Å². The summed E-state index contributed by atoms with van der Waals surface area (Å²) in [5.74, 6) is 0.940. The molecular formula is C14H23NO. The van der Waals surface area contributed by atoms with Crippen LogP contribution in [0, 0.1) is 0 Å². The molecule has 0 aliphatic heterocycles. The molecule has 0 spiro atoms. The fraction of sp³-hybridized carbons (Fsp3) is 0.571. The van der Waals surface area contributed by atoms with Crippen molar-refractivity contribution in [1.29, 1.82) is 0 Å². The lowest BCUT2D eigenvalue weighted by atomic mass is 10.0. The molecule has 0 saturated heterocycles. The second kappa shape index (κ2) is 7.29. The van der Waals surface area contributed by atoms with E-state index in [2.05, 4.69) is 19.1 Å². The number of ether oxygens (including phenoxy) is 1. The van der Waals surface area contributed by atoms with Crippen molar-refractivity contribution < 1.29 is 4.74 Å². The van der Waals surface area contributed by atoms with Crippen LogP contribution in [0.1, 0.15) is 38.2 Å². The van der Waals surface area contributed by atoms with Gasteiger partial charge in [-0.15, -0.1) is 0 Å². The quantitative estimate of drug-likeness (QED) is 0.767. The summed E-state index contributed by atoms with van der Waals surface area (Å²) in [6, 6.07) is 8.64. The van der Waals surface area contributed by atoms with E-state index in [4.69, 9.17) is 10.5 Å². The van der Waals surface area contributed by atoms with Gasteiger partial charge in [-0.25, -0.2) is 0 Å². The van der Waals surface area contributed by atoms with Crippen LogP contribution in [0.5, 0.6) is 5.75 Å². The number of hydrogen-bond acceptors (Lipinski definition) is 2. The summed E-state index contributed by atoms with van der Waals surface area (Å²) < 4.78 is 5.20. The van der Waals surface area contributed by atoms with Crippen molar-refractivity contribution in [2.24, 2.45) is 5.73 Å². The molecule has 1 atom stereocenters. The molecule has 90 valence electrons. The summed E-state index contributed by atoms with van der Waals surface area (Å²) in [4.78, 5) is 0. The second-order valence-corrected chi connectivity index (χ2v) is 4.29. The van der Waals surface area contributed by atoms with Crippen molar-refractivity contribution in [3.63, 3.8) is 0 Å².